The Kier molecular flexibility index (Phi) is 4.28. The Hall–Kier alpha value is -0.890. The maximum absolute atomic E-state index is 13.2. The van der Waals surface area contributed by atoms with Crippen LogP contribution < -0.4 is 0 Å². The predicted octanol–water partition coefficient (Wildman–Crippen LogP) is 3.60. The molecule has 2 unspecified atom stereocenters. The smallest absolute Gasteiger partial charge is 0.126 e. The first-order valence-electron chi connectivity index (χ1n) is 5.48. The van der Waals surface area contributed by atoms with Crippen molar-refractivity contribution in [2.75, 3.05) is 0 Å². The average Bonchev–Trinajstić information content (AvgIpc) is 2.21. The molecule has 0 bridgehead atoms. The zero-order valence-corrected chi connectivity index (χ0v) is 9.63. The Labute approximate surface area is 90.9 Å². The molecule has 1 aromatic carbocycles. The van der Waals surface area contributed by atoms with Crippen LogP contribution in [0, 0.1) is 18.7 Å². The lowest BCUT2D eigenvalue weighted by atomic mass is 9.96. The molecule has 1 rings (SSSR count). The van der Waals surface area contributed by atoms with Gasteiger partial charge in [0, 0.05) is 0 Å². The molecule has 0 amide bonds. The lowest BCUT2D eigenvalue weighted by Crippen LogP contribution is -2.04. The maximum atomic E-state index is 13.2. The van der Waals surface area contributed by atoms with Gasteiger partial charge in [-0.05, 0) is 36.5 Å². The summed E-state index contributed by atoms with van der Waals surface area (Å²) in [6, 6.07) is 4.94. The summed E-state index contributed by atoms with van der Waals surface area (Å²) in [5.74, 6) is 0.222. The molecular formula is C13H19FO. The minimum atomic E-state index is -0.546. The van der Waals surface area contributed by atoms with E-state index < -0.39 is 6.10 Å². The number of rotatable bonds is 4. The van der Waals surface area contributed by atoms with E-state index in [1.54, 1.807) is 19.1 Å². The van der Waals surface area contributed by atoms with Crippen molar-refractivity contribution in [3.63, 3.8) is 0 Å². The number of aliphatic hydroxyl groups is 1. The molecule has 0 saturated carbocycles. The van der Waals surface area contributed by atoms with Crippen molar-refractivity contribution in [1.82, 2.24) is 0 Å². The Morgan fingerprint density at radius 3 is 2.60 bits per heavy atom. The third-order valence-corrected chi connectivity index (χ3v) is 2.90. The summed E-state index contributed by atoms with van der Waals surface area (Å²) in [5, 5.41) is 9.87. The second kappa shape index (κ2) is 5.26. The summed E-state index contributed by atoms with van der Waals surface area (Å²) in [7, 11) is 0. The van der Waals surface area contributed by atoms with E-state index in [0.717, 1.165) is 6.42 Å². The standard InChI is InChI=1S/C13H19FO/c1-4-9(2)7-13(15)11-6-5-10(3)12(14)8-11/h5-6,8-9,13,15H,4,7H2,1-3H3. The van der Waals surface area contributed by atoms with E-state index in [0.29, 0.717) is 23.5 Å². The third kappa shape index (κ3) is 3.31. The van der Waals surface area contributed by atoms with Gasteiger partial charge in [-0.25, -0.2) is 4.39 Å². The molecule has 1 N–H and O–H groups in total. The van der Waals surface area contributed by atoms with Crippen LogP contribution in [0.1, 0.15) is 43.9 Å². The van der Waals surface area contributed by atoms with E-state index in [-0.39, 0.29) is 5.82 Å². The van der Waals surface area contributed by atoms with Crippen LogP contribution in [0.25, 0.3) is 0 Å². The van der Waals surface area contributed by atoms with E-state index in [4.69, 9.17) is 0 Å². The Morgan fingerprint density at radius 2 is 2.07 bits per heavy atom. The Balaban J connectivity index is 2.73. The van der Waals surface area contributed by atoms with Crippen LogP contribution in [0.3, 0.4) is 0 Å². The number of hydrogen-bond acceptors (Lipinski definition) is 1. The van der Waals surface area contributed by atoms with Crippen LogP contribution in [0.15, 0.2) is 18.2 Å². The van der Waals surface area contributed by atoms with Gasteiger partial charge in [0.05, 0.1) is 6.10 Å². The molecule has 0 radical (unpaired) electrons. The summed E-state index contributed by atoms with van der Waals surface area (Å²) in [5.41, 5.74) is 1.30. The van der Waals surface area contributed by atoms with E-state index in [2.05, 4.69) is 13.8 Å². The zero-order chi connectivity index (χ0) is 11.4. The zero-order valence-electron chi connectivity index (χ0n) is 9.63. The van der Waals surface area contributed by atoms with Crippen molar-refractivity contribution < 1.29 is 9.50 Å². The highest BCUT2D eigenvalue weighted by molar-refractivity contribution is 5.24. The van der Waals surface area contributed by atoms with Gasteiger partial charge in [0.1, 0.15) is 5.82 Å². The van der Waals surface area contributed by atoms with Gasteiger partial charge in [-0.2, -0.15) is 0 Å². The monoisotopic (exact) mass is 210 g/mol. The highest BCUT2D eigenvalue weighted by atomic mass is 19.1. The van der Waals surface area contributed by atoms with Crippen LogP contribution in [0.5, 0.6) is 0 Å². The van der Waals surface area contributed by atoms with E-state index >= 15 is 0 Å². The molecule has 0 spiro atoms. The minimum absolute atomic E-state index is 0.240. The molecule has 0 aliphatic heterocycles. The topological polar surface area (TPSA) is 20.2 Å². The van der Waals surface area contributed by atoms with Gasteiger partial charge in [-0.1, -0.05) is 32.4 Å². The fourth-order valence-corrected chi connectivity index (χ4v) is 1.50. The molecule has 0 fully saturated rings. The SMILES string of the molecule is CCC(C)CC(O)c1ccc(C)c(F)c1. The van der Waals surface area contributed by atoms with Crippen LogP contribution in [0.4, 0.5) is 4.39 Å². The Bertz CT molecular complexity index is 322. The van der Waals surface area contributed by atoms with Gasteiger partial charge < -0.3 is 5.11 Å². The fourth-order valence-electron chi connectivity index (χ4n) is 1.50. The molecule has 0 heterocycles. The van der Waals surface area contributed by atoms with Crippen LogP contribution in [0.2, 0.25) is 0 Å². The van der Waals surface area contributed by atoms with Crippen LogP contribution >= 0.6 is 0 Å². The van der Waals surface area contributed by atoms with E-state index in [1.807, 2.05) is 0 Å². The molecule has 0 aliphatic rings. The van der Waals surface area contributed by atoms with Crippen molar-refractivity contribution in [2.24, 2.45) is 5.92 Å². The van der Waals surface area contributed by atoms with Gasteiger partial charge in [0.25, 0.3) is 0 Å². The first-order chi connectivity index (χ1) is 7.04. The number of benzene rings is 1. The quantitative estimate of drug-likeness (QED) is 0.805. The van der Waals surface area contributed by atoms with E-state index in [1.165, 1.54) is 6.07 Å². The van der Waals surface area contributed by atoms with Gasteiger partial charge in [0.15, 0.2) is 0 Å². The largest absolute Gasteiger partial charge is 0.388 e. The van der Waals surface area contributed by atoms with Crippen molar-refractivity contribution in [3.8, 4) is 0 Å². The van der Waals surface area contributed by atoms with Gasteiger partial charge >= 0.3 is 0 Å². The predicted molar refractivity (Wildman–Crippen MR) is 60.2 cm³/mol. The minimum Gasteiger partial charge on any atom is -0.388 e. The maximum Gasteiger partial charge on any atom is 0.126 e. The molecule has 84 valence electrons. The number of aryl methyl sites for hydroxylation is 1. The van der Waals surface area contributed by atoms with Crippen molar-refractivity contribution in [2.45, 2.75) is 39.7 Å². The molecular weight excluding hydrogens is 191 g/mol. The van der Waals surface area contributed by atoms with Crippen molar-refractivity contribution in [3.05, 3.63) is 35.1 Å². The summed E-state index contributed by atoms with van der Waals surface area (Å²) in [6.45, 7) is 5.90. The molecule has 2 atom stereocenters. The Morgan fingerprint density at radius 1 is 1.40 bits per heavy atom. The van der Waals surface area contributed by atoms with Crippen LogP contribution in [-0.4, -0.2) is 5.11 Å². The summed E-state index contributed by atoms with van der Waals surface area (Å²) in [6.07, 6.45) is 1.18. The normalized spacial score (nSPS) is 15.0. The van der Waals surface area contributed by atoms with Crippen LogP contribution in [-0.2, 0) is 0 Å². The first-order valence-corrected chi connectivity index (χ1v) is 5.48. The summed E-state index contributed by atoms with van der Waals surface area (Å²) < 4.78 is 13.2. The molecule has 1 aromatic rings. The molecule has 2 heteroatoms. The molecule has 0 aromatic heterocycles. The molecule has 1 nitrogen and oxygen atoms in total. The summed E-state index contributed by atoms with van der Waals surface area (Å²) >= 11 is 0. The van der Waals surface area contributed by atoms with Crippen molar-refractivity contribution in [1.29, 1.82) is 0 Å². The highest BCUT2D eigenvalue weighted by Gasteiger charge is 2.12. The van der Waals surface area contributed by atoms with Gasteiger partial charge in [-0.3, -0.25) is 0 Å². The average molecular weight is 210 g/mol. The molecule has 0 saturated heterocycles. The lowest BCUT2D eigenvalue weighted by molar-refractivity contribution is 0.146. The van der Waals surface area contributed by atoms with Crippen molar-refractivity contribution >= 4 is 0 Å². The second-order valence-corrected chi connectivity index (χ2v) is 4.27. The summed E-state index contributed by atoms with van der Waals surface area (Å²) in [4.78, 5) is 0. The molecule has 0 aliphatic carbocycles. The first kappa shape index (κ1) is 12.2. The van der Waals surface area contributed by atoms with Gasteiger partial charge in [-0.15, -0.1) is 0 Å². The lowest BCUT2D eigenvalue weighted by Gasteiger charge is -2.15. The van der Waals surface area contributed by atoms with Gasteiger partial charge in [0.2, 0.25) is 0 Å². The third-order valence-electron chi connectivity index (χ3n) is 2.90. The number of hydrogen-bond donors (Lipinski definition) is 1. The number of aliphatic hydroxyl groups excluding tert-OH is 1. The fraction of sp³-hybridized carbons (Fsp3) is 0.538. The highest BCUT2D eigenvalue weighted by Crippen LogP contribution is 2.24. The van der Waals surface area contributed by atoms with E-state index in [9.17, 15) is 9.50 Å². The second-order valence-electron chi connectivity index (χ2n) is 4.27. The molecule has 15 heavy (non-hydrogen) atoms. The number of halogens is 1.